The third-order valence-electron chi connectivity index (χ3n) is 3.05. The van der Waals surface area contributed by atoms with Gasteiger partial charge in [-0.15, -0.1) is 0 Å². The molecule has 0 spiro atoms. The van der Waals surface area contributed by atoms with Gasteiger partial charge in [0.2, 0.25) is 16.5 Å². The van der Waals surface area contributed by atoms with E-state index in [9.17, 15) is 0 Å². The molecule has 0 unspecified atom stereocenters. The van der Waals surface area contributed by atoms with Crippen LogP contribution in [0.5, 0.6) is 0 Å². The van der Waals surface area contributed by atoms with Gasteiger partial charge in [0.05, 0.1) is 0 Å². The molecule has 0 aromatic carbocycles. The molecule has 1 saturated heterocycles. The highest BCUT2D eigenvalue weighted by atomic mass is 35.5. The molecule has 0 radical (unpaired) electrons. The van der Waals surface area contributed by atoms with E-state index in [1.54, 1.807) is 0 Å². The Hall–Kier alpha value is -0.650. The normalized spacial score (nSPS) is 17.8. The Kier molecular flexibility index (Phi) is 4.01. The molecule has 5 nitrogen and oxygen atoms in total. The lowest BCUT2D eigenvalue weighted by atomic mass is 10.0. The summed E-state index contributed by atoms with van der Waals surface area (Å²) in [5, 5.41) is 0.296. The van der Waals surface area contributed by atoms with E-state index < -0.39 is 0 Å². The van der Waals surface area contributed by atoms with Crippen molar-refractivity contribution in [2.75, 3.05) is 32.1 Å². The number of piperidine rings is 1. The maximum atomic E-state index is 5.77. The molecule has 2 heterocycles. The molecule has 17 heavy (non-hydrogen) atoms. The molecule has 0 atom stereocenters. The second-order valence-electron chi connectivity index (χ2n) is 4.36. The van der Waals surface area contributed by atoms with Crippen LogP contribution in [0.4, 0.5) is 5.95 Å². The van der Waals surface area contributed by atoms with E-state index in [0.717, 1.165) is 25.9 Å². The highest BCUT2D eigenvalue weighted by Crippen LogP contribution is 2.20. The van der Waals surface area contributed by atoms with Crippen LogP contribution in [0, 0.1) is 0 Å². The van der Waals surface area contributed by atoms with Crippen LogP contribution in [0.2, 0.25) is 10.6 Å². The lowest BCUT2D eigenvalue weighted by molar-refractivity contribution is 0.249. The monoisotopic (exact) mass is 275 g/mol. The quantitative estimate of drug-likeness (QED) is 0.822. The minimum absolute atomic E-state index is 0.148. The number of aromatic nitrogens is 3. The van der Waals surface area contributed by atoms with Crippen molar-refractivity contribution in [1.82, 2.24) is 19.9 Å². The van der Waals surface area contributed by atoms with Gasteiger partial charge in [-0.3, -0.25) is 0 Å². The summed E-state index contributed by atoms with van der Waals surface area (Å²) in [5.41, 5.74) is 0. The largest absolute Gasteiger partial charge is 0.341 e. The molecule has 0 aliphatic carbocycles. The lowest BCUT2D eigenvalue weighted by Gasteiger charge is -2.35. The molecule has 0 saturated carbocycles. The molecule has 0 amide bonds. The second-order valence-corrected chi connectivity index (χ2v) is 5.03. The van der Waals surface area contributed by atoms with E-state index in [1.807, 2.05) is 0 Å². The third-order valence-corrected chi connectivity index (χ3v) is 3.38. The number of hydrogen-bond acceptors (Lipinski definition) is 5. The fourth-order valence-electron chi connectivity index (χ4n) is 2.04. The van der Waals surface area contributed by atoms with Crippen molar-refractivity contribution in [3.05, 3.63) is 10.6 Å². The smallest absolute Gasteiger partial charge is 0.230 e. The third kappa shape index (κ3) is 3.18. The predicted octanol–water partition coefficient (Wildman–Crippen LogP) is 1.71. The molecule has 1 fully saturated rings. The van der Waals surface area contributed by atoms with Crippen molar-refractivity contribution < 1.29 is 0 Å². The zero-order chi connectivity index (χ0) is 12.4. The van der Waals surface area contributed by atoms with Gasteiger partial charge in [-0.1, -0.05) is 0 Å². The summed E-state index contributed by atoms with van der Waals surface area (Å²) in [7, 11) is 4.22. The van der Waals surface area contributed by atoms with E-state index in [2.05, 4.69) is 38.8 Å². The Bertz CT molecular complexity index is 370. The van der Waals surface area contributed by atoms with Gasteiger partial charge in [0, 0.05) is 19.1 Å². The Balaban J connectivity index is 2.05. The molecule has 1 aliphatic heterocycles. The van der Waals surface area contributed by atoms with Crippen molar-refractivity contribution in [3.8, 4) is 0 Å². The summed E-state index contributed by atoms with van der Waals surface area (Å²) in [5.74, 6) is 0.576. The second kappa shape index (κ2) is 5.33. The molecule has 7 heteroatoms. The van der Waals surface area contributed by atoms with Gasteiger partial charge in [-0.25, -0.2) is 0 Å². The Morgan fingerprint density at radius 1 is 1.06 bits per heavy atom. The molecule has 1 aromatic rings. The number of nitrogens with zero attached hydrogens (tertiary/aromatic N) is 5. The highest BCUT2D eigenvalue weighted by Gasteiger charge is 2.22. The first-order valence-corrected chi connectivity index (χ1v) is 6.30. The van der Waals surface area contributed by atoms with E-state index >= 15 is 0 Å². The van der Waals surface area contributed by atoms with Crippen molar-refractivity contribution >= 4 is 29.2 Å². The van der Waals surface area contributed by atoms with Gasteiger partial charge >= 0.3 is 0 Å². The fraction of sp³-hybridized carbons (Fsp3) is 0.700. The first kappa shape index (κ1) is 12.8. The zero-order valence-electron chi connectivity index (χ0n) is 9.90. The van der Waals surface area contributed by atoms with Crippen molar-refractivity contribution in [1.29, 1.82) is 0 Å². The number of rotatable bonds is 2. The zero-order valence-corrected chi connectivity index (χ0v) is 11.4. The van der Waals surface area contributed by atoms with Crippen molar-refractivity contribution in [3.63, 3.8) is 0 Å². The summed E-state index contributed by atoms with van der Waals surface area (Å²) in [6.45, 7) is 1.83. The topological polar surface area (TPSA) is 45.2 Å². The molecule has 2 rings (SSSR count). The van der Waals surface area contributed by atoms with Gasteiger partial charge in [-0.2, -0.15) is 15.0 Å². The summed E-state index contributed by atoms with van der Waals surface area (Å²) < 4.78 is 0. The maximum absolute atomic E-state index is 5.77. The van der Waals surface area contributed by atoms with Crippen molar-refractivity contribution in [2.24, 2.45) is 0 Å². The van der Waals surface area contributed by atoms with Crippen LogP contribution in [0.1, 0.15) is 12.8 Å². The summed E-state index contributed by atoms with van der Waals surface area (Å²) in [4.78, 5) is 16.3. The fourth-order valence-corrected chi connectivity index (χ4v) is 2.39. The maximum Gasteiger partial charge on any atom is 0.230 e. The molecule has 0 bridgehead atoms. The number of anilines is 1. The van der Waals surface area contributed by atoms with Gasteiger partial charge in [0.25, 0.3) is 0 Å². The molecular weight excluding hydrogens is 261 g/mol. The standard InChI is InChI=1S/C10H15Cl2N5/c1-16(2)7-3-5-17(6-4-7)10-14-8(11)13-9(12)15-10/h7H,3-6H2,1-2H3. The molecular formula is C10H15Cl2N5. The molecule has 1 aliphatic rings. The van der Waals surface area contributed by atoms with Gasteiger partial charge in [-0.05, 0) is 50.1 Å². The van der Waals surface area contributed by atoms with Crippen molar-refractivity contribution in [2.45, 2.75) is 18.9 Å². The van der Waals surface area contributed by atoms with E-state index in [-0.39, 0.29) is 10.6 Å². The molecule has 1 aromatic heterocycles. The van der Waals surface area contributed by atoms with Crippen LogP contribution in [-0.4, -0.2) is 53.1 Å². The predicted molar refractivity (Wildman–Crippen MR) is 68.8 cm³/mol. The van der Waals surface area contributed by atoms with E-state index in [4.69, 9.17) is 23.2 Å². The van der Waals surface area contributed by atoms with Gasteiger partial charge in [0.15, 0.2) is 0 Å². The Labute approximate surface area is 111 Å². The SMILES string of the molecule is CN(C)C1CCN(c2nc(Cl)nc(Cl)n2)CC1. The minimum Gasteiger partial charge on any atom is -0.341 e. The molecule has 94 valence electrons. The van der Waals surface area contributed by atoms with Crippen LogP contribution in [0.3, 0.4) is 0 Å². The van der Waals surface area contributed by atoms with Gasteiger partial charge < -0.3 is 9.80 Å². The van der Waals surface area contributed by atoms with Crippen LogP contribution in [0.25, 0.3) is 0 Å². The highest BCUT2D eigenvalue weighted by molar-refractivity contribution is 6.31. The first-order valence-electron chi connectivity index (χ1n) is 5.54. The van der Waals surface area contributed by atoms with E-state index in [1.165, 1.54) is 0 Å². The summed E-state index contributed by atoms with van der Waals surface area (Å²) in [6.07, 6.45) is 2.18. The molecule has 0 N–H and O–H groups in total. The average Bonchev–Trinajstić information content (AvgIpc) is 2.28. The summed E-state index contributed by atoms with van der Waals surface area (Å²) >= 11 is 11.5. The van der Waals surface area contributed by atoms with Gasteiger partial charge in [0.1, 0.15) is 0 Å². The number of halogens is 2. The number of hydrogen-bond donors (Lipinski definition) is 0. The first-order chi connectivity index (χ1) is 8.06. The van der Waals surface area contributed by atoms with Crippen LogP contribution < -0.4 is 4.90 Å². The van der Waals surface area contributed by atoms with E-state index in [0.29, 0.717) is 12.0 Å². The van der Waals surface area contributed by atoms with Crippen LogP contribution in [0.15, 0.2) is 0 Å². The Morgan fingerprint density at radius 3 is 2.06 bits per heavy atom. The average molecular weight is 276 g/mol. The Morgan fingerprint density at radius 2 is 1.59 bits per heavy atom. The lowest BCUT2D eigenvalue weighted by Crippen LogP contribution is -2.42. The minimum atomic E-state index is 0.148. The summed E-state index contributed by atoms with van der Waals surface area (Å²) in [6, 6.07) is 0.624. The van der Waals surface area contributed by atoms with Crippen LogP contribution in [-0.2, 0) is 0 Å². The van der Waals surface area contributed by atoms with Crippen LogP contribution >= 0.6 is 23.2 Å².